The van der Waals surface area contributed by atoms with Crippen molar-refractivity contribution < 1.29 is 18.0 Å². The molecule has 0 fully saturated rings. The SMILES string of the molecule is C.C.Cc1ccc(-c2ccccc2C#N)cc1.I.I[I-]I.N#Cc1ccccc1-c1ccc(C(Br)Br)cc1.N#Cc1ccccc1-c1ccc(C=O)cc1.N#Cc1ccccc1-c1ccc(CBr)cc1. The third-order valence-electron chi connectivity index (χ3n) is 9.80. The van der Waals surface area contributed by atoms with E-state index in [4.69, 9.17) is 21.0 Å². The Morgan fingerprint density at radius 1 is 0.486 bits per heavy atom. The van der Waals surface area contributed by atoms with Crippen molar-refractivity contribution in [2.24, 2.45) is 0 Å². The first-order valence-corrected chi connectivity index (χ1v) is 35.7. The number of carbonyl (C=O) groups is 1. The number of aryl methyl sites for hydroxylation is 1. The van der Waals surface area contributed by atoms with Crippen molar-refractivity contribution in [1.29, 1.82) is 21.0 Å². The van der Waals surface area contributed by atoms with Crippen molar-refractivity contribution in [1.82, 2.24) is 0 Å². The molecule has 0 bridgehead atoms. The van der Waals surface area contributed by atoms with Crippen LogP contribution in [0.25, 0.3) is 44.5 Å². The van der Waals surface area contributed by atoms with E-state index in [9.17, 15) is 4.79 Å². The van der Waals surface area contributed by atoms with E-state index in [1.54, 1.807) is 18.2 Å². The zero-order chi connectivity index (χ0) is 48.4. The van der Waals surface area contributed by atoms with Gasteiger partial charge in [-0.25, -0.2) is 0 Å². The third-order valence-corrected chi connectivity index (χ3v) is 11.5. The molecule has 8 aromatic carbocycles. The number of rotatable bonds is 7. The van der Waals surface area contributed by atoms with Gasteiger partial charge in [-0.05, 0) is 86.8 Å². The molecule has 5 nitrogen and oxygen atoms in total. The van der Waals surface area contributed by atoms with E-state index in [1.165, 1.54) is 11.1 Å². The standard InChI is InChI=1S/C14H9Br2N.C14H10BrN.C14H9NO.C14H11N.2CH4.I3.HI/c15-14(16)11-7-5-10(6-8-11)13-4-2-1-3-12(13)9-17;15-9-11-5-7-12(8-6-11)14-4-2-1-3-13(14)10-16;15-9-13-3-1-2-4-14(13)12-7-5-11(10-16)6-8-12;1-11-6-8-12(9-7-11)14-5-3-2-4-13(14)10-15;;;1-3-2;/h1-8,14H;1-8H,9H2;1-8,10H;2-9H,1H3;2*1H4;;1H/q;;;;;;-1;. The normalized spacial score (nSPS) is 9.24. The number of nitrogens with zero attached hydrogens (tertiary/aromatic N) is 4. The fourth-order valence-electron chi connectivity index (χ4n) is 6.39. The Morgan fingerprint density at radius 2 is 0.757 bits per heavy atom. The number of alkyl halides is 3. The first-order valence-electron chi connectivity index (χ1n) is 20.1. The summed E-state index contributed by atoms with van der Waals surface area (Å²) in [5.74, 6) is 0. The summed E-state index contributed by atoms with van der Waals surface area (Å²) < 4.78 is 0.162. The van der Waals surface area contributed by atoms with Crippen LogP contribution in [0.4, 0.5) is 0 Å². The molecule has 0 aliphatic carbocycles. The molecular weight excluding hydrogens is 1520 g/mol. The number of hydrogen-bond acceptors (Lipinski definition) is 5. The Morgan fingerprint density at radius 3 is 1.03 bits per heavy atom. The van der Waals surface area contributed by atoms with Crippen LogP contribution in [0.5, 0.6) is 0 Å². The molecule has 0 atom stereocenters. The summed E-state index contributed by atoms with van der Waals surface area (Å²) in [6, 6.07) is 70.9. The van der Waals surface area contributed by atoms with Gasteiger partial charge in [-0.1, -0.05) is 238 Å². The number of hydrogen-bond donors (Lipinski definition) is 0. The Kier molecular flexibility index (Phi) is 32.6. The topological polar surface area (TPSA) is 112 Å². The van der Waals surface area contributed by atoms with Crippen molar-refractivity contribution in [3.63, 3.8) is 0 Å². The van der Waals surface area contributed by atoms with Gasteiger partial charge in [0, 0.05) is 10.9 Å². The summed E-state index contributed by atoms with van der Waals surface area (Å²) in [5, 5.41) is 36.9. The number of carbonyl (C=O) groups excluding carboxylic acids is 1. The molecule has 0 heterocycles. The van der Waals surface area contributed by atoms with Gasteiger partial charge < -0.3 is 0 Å². The fraction of sp³-hybridized carbons (Fsp3) is 0.0862. The molecule has 0 N–H and O–H groups in total. The molecule has 0 unspecified atom stereocenters. The minimum atomic E-state index is 0. The number of halogens is 7. The van der Waals surface area contributed by atoms with Crippen molar-refractivity contribution >= 4 is 115 Å². The molecule has 70 heavy (non-hydrogen) atoms. The summed E-state index contributed by atoms with van der Waals surface area (Å²) in [4.78, 5) is 10.5. The molecule has 0 aliphatic heterocycles. The van der Waals surface area contributed by atoms with Gasteiger partial charge in [-0.3, -0.25) is 4.79 Å². The van der Waals surface area contributed by atoms with Crippen molar-refractivity contribution in [3.8, 4) is 68.8 Å². The summed E-state index contributed by atoms with van der Waals surface area (Å²) in [7, 11) is 0. The first-order chi connectivity index (χ1) is 32.6. The second kappa shape index (κ2) is 35.8. The number of aldehydes is 1. The van der Waals surface area contributed by atoms with E-state index < -0.39 is 0 Å². The van der Waals surface area contributed by atoms with Gasteiger partial charge in [0.25, 0.3) is 0 Å². The van der Waals surface area contributed by atoms with Crippen LogP contribution in [0.15, 0.2) is 194 Å². The quantitative estimate of drug-likeness (QED) is 0.0896. The molecule has 8 aromatic rings. The molecule has 8 rings (SSSR count). The minimum Gasteiger partial charge on any atom is -0.298 e. The maximum Gasteiger partial charge on any atom is 0.150 e. The van der Waals surface area contributed by atoms with Gasteiger partial charge in [0.1, 0.15) is 6.29 Å². The molecule has 0 amide bonds. The van der Waals surface area contributed by atoms with Crippen LogP contribution < -0.4 is 13.3 Å². The predicted molar refractivity (Wildman–Crippen MR) is 327 cm³/mol. The van der Waals surface area contributed by atoms with E-state index in [0.717, 1.165) is 67.3 Å². The van der Waals surface area contributed by atoms with Gasteiger partial charge in [0.15, 0.2) is 0 Å². The van der Waals surface area contributed by atoms with Crippen LogP contribution in [0, 0.1) is 52.2 Å². The molecule has 12 heteroatoms. The van der Waals surface area contributed by atoms with Gasteiger partial charge >= 0.3 is 50.5 Å². The minimum absolute atomic E-state index is 0. The third kappa shape index (κ3) is 20.1. The van der Waals surface area contributed by atoms with Gasteiger partial charge in [0.05, 0.1) is 50.3 Å². The Bertz CT molecular complexity index is 3000. The maximum absolute atomic E-state index is 10.5. The second-order valence-electron chi connectivity index (χ2n) is 14.0. The van der Waals surface area contributed by atoms with Crippen LogP contribution in [-0.4, -0.2) is 6.29 Å². The fourth-order valence-corrected chi connectivity index (χ4v) is 7.37. The van der Waals surface area contributed by atoms with Crippen molar-refractivity contribution in [2.45, 2.75) is 30.8 Å². The molecule has 356 valence electrons. The van der Waals surface area contributed by atoms with Crippen LogP contribution in [0.3, 0.4) is 0 Å². The molecule has 0 saturated carbocycles. The zero-order valence-corrected chi connectivity index (χ0v) is 49.8. The van der Waals surface area contributed by atoms with E-state index in [-0.39, 0.29) is 42.6 Å². The summed E-state index contributed by atoms with van der Waals surface area (Å²) >= 11 is 15.6. The van der Waals surface area contributed by atoms with Gasteiger partial charge in [-0.2, -0.15) is 21.0 Å². The largest absolute Gasteiger partial charge is 0.298 e. The second-order valence-corrected chi connectivity index (χ2v) is 33.9. The van der Waals surface area contributed by atoms with E-state index in [0.29, 0.717) is 35.5 Å². The molecule has 0 aromatic heterocycles. The Balaban J connectivity index is 0.000000452. The Hall–Kier alpha value is -4.25. The van der Waals surface area contributed by atoms with E-state index >= 15 is 0 Å². The van der Waals surface area contributed by atoms with Gasteiger partial charge in [-0.15, -0.1) is 24.0 Å². The summed E-state index contributed by atoms with van der Waals surface area (Å²) in [5.41, 5.74) is 15.1. The average Bonchev–Trinajstić information content (AvgIpc) is 3.39. The molecule has 0 radical (unpaired) electrons. The van der Waals surface area contributed by atoms with Crippen LogP contribution in [0.1, 0.15) is 67.9 Å². The van der Waals surface area contributed by atoms with E-state index in [2.05, 4.69) is 140 Å². The van der Waals surface area contributed by atoms with E-state index in [1.807, 2.05) is 152 Å². The smallest absolute Gasteiger partial charge is 0.150 e. The monoisotopic (exact) mass is 1560 g/mol. The molecule has 0 saturated heterocycles. The average molecular weight is 1560 g/mol. The number of benzene rings is 8. The number of nitriles is 4. The zero-order valence-electron chi connectivity index (χ0n) is 36.2. The predicted octanol–water partition coefficient (Wildman–Crippen LogP) is 16.4. The van der Waals surface area contributed by atoms with Crippen LogP contribution >= 0.6 is 109 Å². The van der Waals surface area contributed by atoms with Crippen LogP contribution in [0.2, 0.25) is 0 Å². The first kappa shape index (κ1) is 63.8. The summed E-state index contributed by atoms with van der Waals surface area (Å²) in [6.45, 7) is 2.06. The molecule has 0 aliphatic rings. The van der Waals surface area contributed by atoms with Crippen molar-refractivity contribution in [3.05, 3.63) is 239 Å². The molecule has 0 spiro atoms. The summed E-state index contributed by atoms with van der Waals surface area (Å²) in [6.07, 6.45) is 0.806. The van der Waals surface area contributed by atoms with Gasteiger partial charge in [0.2, 0.25) is 0 Å². The van der Waals surface area contributed by atoms with Crippen LogP contribution in [-0.2, 0) is 5.33 Å². The Labute approximate surface area is 486 Å². The van der Waals surface area contributed by atoms with Crippen molar-refractivity contribution in [2.75, 3.05) is 0 Å². The maximum atomic E-state index is 10.5. The molecular formula is C58H48Br3I4N4O-.